The predicted octanol–water partition coefficient (Wildman–Crippen LogP) is 4.83. The van der Waals surface area contributed by atoms with Crippen LogP contribution in [0.2, 0.25) is 9.36 Å². The SMILES string of the molecule is COC(=O)CCC(c1cccc(Cl)c1)C(O)c1ccc(Cl)s1. The van der Waals surface area contributed by atoms with Crippen LogP contribution in [0.1, 0.15) is 35.3 Å². The molecule has 2 unspecified atom stereocenters. The van der Waals surface area contributed by atoms with Crippen molar-refractivity contribution in [3.8, 4) is 0 Å². The Morgan fingerprint density at radius 2 is 2.09 bits per heavy atom. The second-order valence-corrected chi connectivity index (χ2v) is 7.05. The van der Waals surface area contributed by atoms with Gasteiger partial charge in [0.1, 0.15) is 0 Å². The number of ether oxygens (including phenoxy) is 1. The summed E-state index contributed by atoms with van der Waals surface area (Å²) in [6.45, 7) is 0. The van der Waals surface area contributed by atoms with Crippen molar-refractivity contribution in [2.45, 2.75) is 24.9 Å². The van der Waals surface area contributed by atoms with Crippen molar-refractivity contribution in [3.05, 3.63) is 56.2 Å². The molecule has 0 aliphatic rings. The van der Waals surface area contributed by atoms with E-state index in [4.69, 9.17) is 23.2 Å². The van der Waals surface area contributed by atoms with Gasteiger partial charge < -0.3 is 9.84 Å². The standard InChI is InChI=1S/C16H16Cl2O3S/c1-21-15(19)8-5-12(10-3-2-4-11(17)9-10)16(20)13-6-7-14(18)22-13/h2-4,6-7,9,12,16,20H,5,8H2,1H3. The number of aliphatic hydroxyl groups is 1. The molecule has 0 bridgehead atoms. The number of carbonyl (C=O) groups excluding carboxylic acids is 1. The number of hydrogen-bond acceptors (Lipinski definition) is 4. The maximum Gasteiger partial charge on any atom is 0.305 e. The summed E-state index contributed by atoms with van der Waals surface area (Å²) in [4.78, 5) is 12.2. The summed E-state index contributed by atoms with van der Waals surface area (Å²) in [7, 11) is 1.35. The van der Waals surface area contributed by atoms with Crippen LogP contribution in [-0.4, -0.2) is 18.2 Å². The van der Waals surface area contributed by atoms with Crippen LogP contribution < -0.4 is 0 Å². The zero-order valence-electron chi connectivity index (χ0n) is 12.0. The van der Waals surface area contributed by atoms with E-state index in [2.05, 4.69) is 4.74 Å². The average Bonchev–Trinajstić information content (AvgIpc) is 2.93. The van der Waals surface area contributed by atoms with E-state index in [1.54, 1.807) is 18.2 Å². The highest BCUT2D eigenvalue weighted by molar-refractivity contribution is 7.16. The van der Waals surface area contributed by atoms with Crippen molar-refractivity contribution in [1.82, 2.24) is 0 Å². The van der Waals surface area contributed by atoms with Crippen LogP contribution in [0.25, 0.3) is 0 Å². The zero-order valence-corrected chi connectivity index (χ0v) is 14.3. The highest BCUT2D eigenvalue weighted by atomic mass is 35.5. The molecule has 0 aliphatic carbocycles. The molecule has 0 spiro atoms. The number of halogens is 2. The van der Waals surface area contributed by atoms with Gasteiger partial charge in [0.25, 0.3) is 0 Å². The van der Waals surface area contributed by atoms with Crippen LogP contribution in [-0.2, 0) is 9.53 Å². The summed E-state index contributed by atoms with van der Waals surface area (Å²) in [5, 5.41) is 11.3. The van der Waals surface area contributed by atoms with Crippen LogP contribution in [0.4, 0.5) is 0 Å². The van der Waals surface area contributed by atoms with Gasteiger partial charge in [-0.05, 0) is 36.2 Å². The Hall–Kier alpha value is -1.07. The average molecular weight is 359 g/mol. The first-order chi connectivity index (χ1) is 10.5. The van der Waals surface area contributed by atoms with Gasteiger partial charge >= 0.3 is 5.97 Å². The van der Waals surface area contributed by atoms with Gasteiger partial charge in [0.15, 0.2) is 0 Å². The molecule has 118 valence electrons. The molecule has 0 aliphatic heterocycles. The summed E-state index contributed by atoms with van der Waals surface area (Å²) in [5.41, 5.74) is 0.883. The van der Waals surface area contributed by atoms with Gasteiger partial charge in [-0.25, -0.2) is 0 Å². The lowest BCUT2D eigenvalue weighted by Crippen LogP contribution is -2.12. The molecule has 2 aromatic rings. The van der Waals surface area contributed by atoms with Crippen molar-refractivity contribution in [1.29, 1.82) is 0 Å². The van der Waals surface area contributed by atoms with E-state index in [0.29, 0.717) is 15.8 Å². The smallest absolute Gasteiger partial charge is 0.305 e. The van der Waals surface area contributed by atoms with Gasteiger partial charge in [-0.2, -0.15) is 0 Å². The van der Waals surface area contributed by atoms with E-state index >= 15 is 0 Å². The summed E-state index contributed by atoms with van der Waals surface area (Å²) in [6.07, 6.45) is -0.0614. The Morgan fingerprint density at radius 1 is 1.32 bits per heavy atom. The number of carbonyl (C=O) groups is 1. The molecule has 0 amide bonds. The van der Waals surface area contributed by atoms with Gasteiger partial charge in [-0.1, -0.05) is 35.3 Å². The molecule has 1 aromatic carbocycles. The fourth-order valence-corrected chi connectivity index (χ4v) is 3.62. The quantitative estimate of drug-likeness (QED) is 0.752. The van der Waals surface area contributed by atoms with Crippen LogP contribution in [0.5, 0.6) is 0 Å². The molecule has 0 radical (unpaired) electrons. The van der Waals surface area contributed by atoms with E-state index in [-0.39, 0.29) is 18.3 Å². The van der Waals surface area contributed by atoms with E-state index in [9.17, 15) is 9.90 Å². The van der Waals surface area contributed by atoms with Crippen molar-refractivity contribution in [3.63, 3.8) is 0 Å². The van der Waals surface area contributed by atoms with E-state index < -0.39 is 6.10 Å². The third-order valence-electron chi connectivity index (χ3n) is 3.43. The Labute approximate surface area is 143 Å². The van der Waals surface area contributed by atoms with E-state index in [0.717, 1.165) is 10.4 Å². The fourth-order valence-electron chi connectivity index (χ4n) is 2.30. The molecular formula is C16H16Cl2O3S. The van der Waals surface area contributed by atoms with Gasteiger partial charge in [0.05, 0.1) is 17.6 Å². The van der Waals surface area contributed by atoms with Crippen molar-refractivity contribution in [2.75, 3.05) is 7.11 Å². The highest BCUT2D eigenvalue weighted by Crippen LogP contribution is 2.39. The molecule has 3 nitrogen and oxygen atoms in total. The Kier molecular flexibility index (Phi) is 6.26. The van der Waals surface area contributed by atoms with E-state index in [1.165, 1.54) is 18.4 Å². The second kappa shape index (κ2) is 7.97. The summed E-state index contributed by atoms with van der Waals surface area (Å²) < 4.78 is 5.30. The normalized spacial score (nSPS) is 13.6. The maximum atomic E-state index is 11.4. The van der Waals surface area contributed by atoms with Crippen LogP contribution in [0.3, 0.4) is 0 Å². The third kappa shape index (κ3) is 4.46. The maximum absolute atomic E-state index is 11.4. The second-order valence-electron chi connectivity index (χ2n) is 4.86. The van der Waals surface area contributed by atoms with Crippen LogP contribution >= 0.6 is 34.5 Å². The lowest BCUT2D eigenvalue weighted by Gasteiger charge is -2.22. The Morgan fingerprint density at radius 3 is 2.68 bits per heavy atom. The lowest BCUT2D eigenvalue weighted by atomic mass is 9.88. The number of rotatable bonds is 6. The van der Waals surface area contributed by atoms with E-state index in [1.807, 2.05) is 18.2 Å². The number of hydrogen-bond donors (Lipinski definition) is 1. The van der Waals surface area contributed by atoms with Gasteiger partial charge in [0, 0.05) is 22.2 Å². The molecule has 1 aromatic heterocycles. The van der Waals surface area contributed by atoms with Crippen LogP contribution in [0.15, 0.2) is 36.4 Å². The monoisotopic (exact) mass is 358 g/mol. The third-order valence-corrected chi connectivity index (χ3v) is 4.97. The van der Waals surface area contributed by atoms with Crippen molar-refractivity contribution in [2.24, 2.45) is 0 Å². The molecular weight excluding hydrogens is 343 g/mol. The van der Waals surface area contributed by atoms with Gasteiger partial charge in [0.2, 0.25) is 0 Å². The summed E-state index contributed by atoms with van der Waals surface area (Å²) in [6, 6.07) is 10.9. The molecule has 0 saturated carbocycles. The molecule has 1 N–H and O–H groups in total. The number of benzene rings is 1. The van der Waals surface area contributed by atoms with Crippen molar-refractivity contribution >= 4 is 40.5 Å². The molecule has 0 saturated heterocycles. The number of thiophene rings is 1. The number of aliphatic hydroxyl groups excluding tert-OH is 1. The fraction of sp³-hybridized carbons (Fsp3) is 0.312. The minimum Gasteiger partial charge on any atom is -0.469 e. The van der Waals surface area contributed by atoms with Crippen molar-refractivity contribution < 1.29 is 14.6 Å². The molecule has 1 heterocycles. The Balaban J connectivity index is 2.26. The first kappa shape index (κ1) is 17.3. The zero-order chi connectivity index (χ0) is 16.1. The largest absolute Gasteiger partial charge is 0.469 e. The minimum absolute atomic E-state index is 0.226. The minimum atomic E-state index is -0.749. The Bertz CT molecular complexity index is 642. The molecule has 2 atom stereocenters. The first-order valence-electron chi connectivity index (χ1n) is 6.77. The summed E-state index contributed by atoms with van der Waals surface area (Å²) >= 11 is 13.3. The molecule has 2 rings (SSSR count). The lowest BCUT2D eigenvalue weighted by molar-refractivity contribution is -0.140. The van der Waals surface area contributed by atoms with Gasteiger partial charge in [-0.15, -0.1) is 11.3 Å². The highest BCUT2D eigenvalue weighted by Gasteiger charge is 2.25. The number of esters is 1. The first-order valence-corrected chi connectivity index (χ1v) is 8.34. The topological polar surface area (TPSA) is 46.5 Å². The molecule has 22 heavy (non-hydrogen) atoms. The molecule has 0 fully saturated rings. The summed E-state index contributed by atoms with van der Waals surface area (Å²) in [5.74, 6) is -0.559. The number of methoxy groups -OCH3 is 1. The van der Waals surface area contributed by atoms with Crippen LogP contribution in [0, 0.1) is 0 Å². The van der Waals surface area contributed by atoms with Gasteiger partial charge in [-0.3, -0.25) is 4.79 Å². The predicted molar refractivity (Wildman–Crippen MR) is 89.7 cm³/mol. The molecule has 6 heteroatoms.